The second-order valence-corrected chi connectivity index (χ2v) is 9.46. The summed E-state index contributed by atoms with van der Waals surface area (Å²) in [7, 11) is -0.749. The summed E-state index contributed by atoms with van der Waals surface area (Å²) < 4.78 is 31.5. The Bertz CT molecular complexity index is 982. The third-order valence-electron chi connectivity index (χ3n) is 4.47. The SMILES string of the molecule is COC(=O)N(C)c1ccc(NC(=O)c2cc(S(=O)(=O)N3CCSCC3)c[nH]2)cc1. The zero-order valence-electron chi connectivity index (χ0n) is 16.0. The van der Waals surface area contributed by atoms with E-state index in [1.807, 2.05) is 0 Å². The van der Waals surface area contributed by atoms with Crippen LogP contribution in [-0.2, 0) is 14.8 Å². The second kappa shape index (κ2) is 8.89. The lowest BCUT2D eigenvalue weighted by Crippen LogP contribution is -2.37. The number of aromatic amines is 1. The van der Waals surface area contributed by atoms with Crippen LogP contribution in [0.5, 0.6) is 0 Å². The first-order valence-electron chi connectivity index (χ1n) is 8.82. The molecule has 1 fully saturated rings. The van der Waals surface area contributed by atoms with Gasteiger partial charge in [-0.2, -0.15) is 16.1 Å². The highest BCUT2D eigenvalue weighted by atomic mass is 32.2. The van der Waals surface area contributed by atoms with Crippen LogP contribution in [0.3, 0.4) is 0 Å². The number of hydrogen-bond donors (Lipinski definition) is 2. The molecule has 9 nitrogen and oxygen atoms in total. The summed E-state index contributed by atoms with van der Waals surface area (Å²) in [6, 6.07) is 7.93. The highest BCUT2D eigenvalue weighted by molar-refractivity contribution is 7.99. The summed E-state index contributed by atoms with van der Waals surface area (Å²) in [5, 5.41) is 2.70. The predicted molar refractivity (Wildman–Crippen MR) is 112 cm³/mol. The molecule has 1 aromatic heterocycles. The number of methoxy groups -OCH3 is 1. The van der Waals surface area contributed by atoms with Crippen LogP contribution in [0.2, 0.25) is 0 Å². The van der Waals surface area contributed by atoms with E-state index in [1.54, 1.807) is 43.1 Å². The van der Waals surface area contributed by atoms with Gasteiger partial charge in [0.1, 0.15) is 10.6 Å². The molecule has 0 spiro atoms. The Morgan fingerprint density at radius 2 is 1.86 bits per heavy atom. The van der Waals surface area contributed by atoms with Crippen molar-refractivity contribution in [2.24, 2.45) is 0 Å². The van der Waals surface area contributed by atoms with Crippen molar-refractivity contribution in [2.75, 3.05) is 49.0 Å². The fraction of sp³-hybridized carbons (Fsp3) is 0.333. The molecular weight excluding hydrogens is 416 g/mol. The summed E-state index contributed by atoms with van der Waals surface area (Å²) in [6.07, 6.45) is 0.828. The first kappa shape index (κ1) is 21.2. The standard InChI is InChI=1S/C18H22N4O5S2/c1-21(18(24)27-2)14-5-3-13(4-6-14)20-17(23)16-11-15(12-19-16)29(25,26)22-7-9-28-10-8-22/h3-6,11-12,19H,7-10H2,1-2H3,(H,20,23). The average molecular weight is 439 g/mol. The molecule has 2 N–H and O–H groups in total. The minimum atomic E-state index is -3.61. The van der Waals surface area contributed by atoms with E-state index in [0.29, 0.717) is 24.5 Å². The molecule has 2 heterocycles. The van der Waals surface area contributed by atoms with E-state index >= 15 is 0 Å². The molecule has 11 heteroatoms. The number of benzene rings is 1. The van der Waals surface area contributed by atoms with Gasteiger partial charge in [0.2, 0.25) is 10.0 Å². The summed E-state index contributed by atoms with van der Waals surface area (Å²) in [4.78, 5) is 28.1. The Morgan fingerprint density at radius 3 is 2.48 bits per heavy atom. The molecule has 0 aliphatic carbocycles. The number of amides is 2. The van der Waals surface area contributed by atoms with Crippen LogP contribution in [0.1, 0.15) is 10.5 Å². The Balaban J connectivity index is 1.68. The van der Waals surface area contributed by atoms with Crippen molar-refractivity contribution in [3.63, 3.8) is 0 Å². The van der Waals surface area contributed by atoms with E-state index in [-0.39, 0.29) is 10.6 Å². The van der Waals surface area contributed by atoms with E-state index in [9.17, 15) is 18.0 Å². The number of hydrogen-bond acceptors (Lipinski definition) is 6. The van der Waals surface area contributed by atoms with E-state index < -0.39 is 22.0 Å². The van der Waals surface area contributed by atoms with Crippen LogP contribution in [0.4, 0.5) is 16.2 Å². The van der Waals surface area contributed by atoms with Crippen LogP contribution < -0.4 is 10.2 Å². The molecule has 1 aromatic carbocycles. The van der Waals surface area contributed by atoms with Gasteiger partial charge in [0.05, 0.1) is 7.11 Å². The van der Waals surface area contributed by atoms with Crippen molar-refractivity contribution in [3.8, 4) is 0 Å². The summed E-state index contributed by atoms with van der Waals surface area (Å²) >= 11 is 1.72. The van der Waals surface area contributed by atoms with Gasteiger partial charge < -0.3 is 15.0 Å². The molecule has 2 aromatic rings. The molecule has 29 heavy (non-hydrogen) atoms. The lowest BCUT2D eigenvalue weighted by Gasteiger charge is -2.24. The normalized spacial score (nSPS) is 15.0. The number of thioether (sulfide) groups is 1. The number of ether oxygens (including phenoxy) is 1. The maximum absolute atomic E-state index is 12.7. The maximum atomic E-state index is 12.7. The fourth-order valence-electron chi connectivity index (χ4n) is 2.80. The van der Waals surface area contributed by atoms with Crippen molar-refractivity contribution < 1.29 is 22.7 Å². The Kier molecular flexibility index (Phi) is 6.50. The monoisotopic (exact) mass is 438 g/mol. The lowest BCUT2D eigenvalue weighted by molar-refractivity contribution is 0.102. The summed E-state index contributed by atoms with van der Waals surface area (Å²) in [5.41, 5.74) is 1.25. The van der Waals surface area contributed by atoms with Crippen LogP contribution in [0, 0.1) is 0 Å². The smallest absolute Gasteiger partial charge is 0.413 e. The average Bonchev–Trinajstić information content (AvgIpc) is 3.25. The molecule has 156 valence electrons. The van der Waals surface area contributed by atoms with E-state index in [4.69, 9.17) is 0 Å². The number of sulfonamides is 1. The molecule has 0 bridgehead atoms. The lowest BCUT2D eigenvalue weighted by atomic mass is 10.2. The van der Waals surface area contributed by atoms with Gasteiger partial charge >= 0.3 is 6.09 Å². The molecule has 0 radical (unpaired) electrons. The number of H-pyrrole nitrogens is 1. The van der Waals surface area contributed by atoms with Gasteiger partial charge in [-0.1, -0.05) is 0 Å². The molecule has 0 saturated carbocycles. The third kappa shape index (κ3) is 4.74. The van der Waals surface area contributed by atoms with Gasteiger partial charge in [-0.25, -0.2) is 13.2 Å². The molecule has 0 unspecified atom stereocenters. The van der Waals surface area contributed by atoms with Gasteiger partial charge in [-0.05, 0) is 30.3 Å². The molecule has 1 saturated heterocycles. The quantitative estimate of drug-likeness (QED) is 0.740. The zero-order chi connectivity index (χ0) is 21.0. The number of aromatic nitrogens is 1. The van der Waals surface area contributed by atoms with E-state index in [2.05, 4.69) is 15.0 Å². The molecular formula is C18H22N4O5S2. The summed E-state index contributed by atoms with van der Waals surface area (Å²) in [5.74, 6) is 1.06. The number of nitrogens with one attached hydrogen (secondary N) is 2. The van der Waals surface area contributed by atoms with Crippen LogP contribution in [-0.4, -0.2) is 68.5 Å². The number of rotatable bonds is 5. The Morgan fingerprint density at radius 1 is 1.21 bits per heavy atom. The molecule has 1 aliphatic rings. The predicted octanol–water partition coefficient (Wildman–Crippen LogP) is 2.21. The van der Waals surface area contributed by atoms with Gasteiger partial charge in [0.15, 0.2) is 0 Å². The first-order valence-corrected chi connectivity index (χ1v) is 11.4. The van der Waals surface area contributed by atoms with E-state index in [0.717, 1.165) is 11.5 Å². The van der Waals surface area contributed by atoms with Gasteiger partial charge in [0.25, 0.3) is 5.91 Å². The van der Waals surface area contributed by atoms with Gasteiger partial charge in [-0.3, -0.25) is 9.69 Å². The van der Waals surface area contributed by atoms with Crippen molar-refractivity contribution in [3.05, 3.63) is 42.2 Å². The van der Waals surface area contributed by atoms with E-state index in [1.165, 1.54) is 28.6 Å². The van der Waals surface area contributed by atoms with Crippen molar-refractivity contribution in [1.82, 2.24) is 9.29 Å². The van der Waals surface area contributed by atoms with Crippen molar-refractivity contribution in [2.45, 2.75) is 4.90 Å². The van der Waals surface area contributed by atoms with Gasteiger partial charge in [-0.15, -0.1) is 0 Å². The Labute approximate surface area is 173 Å². The number of nitrogens with zero attached hydrogens (tertiary/aromatic N) is 2. The minimum Gasteiger partial charge on any atom is -0.452 e. The molecule has 2 amide bonds. The molecule has 0 atom stereocenters. The maximum Gasteiger partial charge on any atom is 0.413 e. The third-order valence-corrected chi connectivity index (χ3v) is 7.29. The van der Waals surface area contributed by atoms with Crippen LogP contribution in [0.15, 0.2) is 41.4 Å². The number of carbonyl (C=O) groups excluding carboxylic acids is 2. The van der Waals surface area contributed by atoms with Crippen LogP contribution >= 0.6 is 11.8 Å². The molecule has 3 rings (SSSR count). The number of carbonyl (C=O) groups is 2. The van der Waals surface area contributed by atoms with Crippen LogP contribution in [0.25, 0.3) is 0 Å². The fourth-order valence-corrected chi connectivity index (χ4v) is 5.37. The Hall–Kier alpha value is -2.50. The highest BCUT2D eigenvalue weighted by Gasteiger charge is 2.27. The van der Waals surface area contributed by atoms with Gasteiger partial charge in [0, 0.05) is 49.2 Å². The second-order valence-electron chi connectivity index (χ2n) is 6.30. The zero-order valence-corrected chi connectivity index (χ0v) is 17.7. The number of anilines is 2. The largest absolute Gasteiger partial charge is 0.452 e. The summed E-state index contributed by atoms with van der Waals surface area (Å²) in [6.45, 7) is 0.929. The van der Waals surface area contributed by atoms with Crippen molar-refractivity contribution >= 4 is 45.2 Å². The van der Waals surface area contributed by atoms with Crippen molar-refractivity contribution in [1.29, 1.82) is 0 Å². The molecule has 1 aliphatic heterocycles. The minimum absolute atomic E-state index is 0.0737. The first-order chi connectivity index (χ1) is 13.8. The highest BCUT2D eigenvalue weighted by Crippen LogP contribution is 2.22. The topological polar surface area (TPSA) is 112 Å².